The van der Waals surface area contributed by atoms with Crippen LogP contribution in [0.5, 0.6) is 0 Å². The number of nitrogens with zero attached hydrogens (tertiary/aromatic N) is 3. The van der Waals surface area contributed by atoms with Crippen LogP contribution in [0.2, 0.25) is 0 Å². The summed E-state index contributed by atoms with van der Waals surface area (Å²) in [5.41, 5.74) is 0.471. The van der Waals surface area contributed by atoms with Gasteiger partial charge in [-0.1, -0.05) is 0 Å². The van der Waals surface area contributed by atoms with Crippen molar-refractivity contribution >= 4 is 23.2 Å². The summed E-state index contributed by atoms with van der Waals surface area (Å²) in [4.78, 5) is 34.9. The third-order valence-corrected chi connectivity index (χ3v) is 3.29. The molecule has 0 aliphatic carbocycles. The molecule has 2 heterocycles. The maximum atomic E-state index is 12.1. The summed E-state index contributed by atoms with van der Waals surface area (Å²) in [6, 6.07) is 0. The van der Waals surface area contributed by atoms with E-state index in [0.717, 1.165) is 10.7 Å². The fourth-order valence-corrected chi connectivity index (χ4v) is 2.20. The van der Waals surface area contributed by atoms with Crippen LogP contribution in [-0.2, 0) is 6.54 Å². The fraction of sp³-hybridized carbons (Fsp3) is 0.273. The minimum atomic E-state index is -1.21. The normalized spacial score (nSPS) is 10.4. The van der Waals surface area contributed by atoms with Gasteiger partial charge >= 0.3 is 5.97 Å². The smallest absolute Gasteiger partial charge is 0.354 e. The van der Waals surface area contributed by atoms with Crippen LogP contribution in [0, 0.1) is 6.92 Å². The van der Waals surface area contributed by atoms with Crippen molar-refractivity contribution < 1.29 is 14.7 Å². The van der Waals surface area contributed by atoms with E-state index in [2.05, 4.69) is 15.0 Å². The zero-order valence-electron chi connectivity index (χ0n) is 10.4. The van der Waals surface area contributed by atoms with Crippen molar-refractivity contribution in [1.82, 2.24) is 19.9 Å². The van der Waals surface area contributed by atoms with Gasteiger partial charge in [0.05, 0.1) is 23.6 Å². The van der Waals surface area contributed by atoms with Crippen LogP contribution in [0.3, 0.4) is 0 Å². The topological polar surface area (TPSA) is 99.2 Å². The van der Waals surface area contributed by atoms with Gasteiger partial charge < -0.3 is 15.0 Å². The van der Waals surface area contributed by atoms with Gasteiger partial charge in [-0.3, -0.25) is 4.79 Å². The number of amides is 1. The van der Waals surface area contributed by atoms with E-state index in [1.807, 2.05) is 12.3 Å². The van der Waals surface area contributed by atoms with Crippen molar-refractivity contribution in [3.05, 3.63) is 33.8 Å². The van der Waals surface area contributed by atoms with Crippen molar-refractivity contribution in [2.24, 2.45) is 0 Å². The SMILES string of the molecule is Cc1nc(CN(C)C(=O)c2nc[nH]c2C(=O)O)cs1. The molecule has 0 unspecified atom stereocenters. The lowest BCUT2D eigenvalue weighted by molar-refractivity contribution is 0.0674. The van der Waals surface area contributed by atoms with Crippen molar-refractivity contribution in [3.63, 3.8) is 0 Å². The Bertz CT molecular complexity index is 619. The average molecular weight is 280 g/mol. The molecule has 2 aromatic heterocycles. The predicted octanol–water partition coefficient (Wildman–Crippen LogP) is 1.15. The van der Waals surface area contributed by atoms with Crippen LogP contribution in [0.25, 0.3) is 0 Å². The third-order valence-electron chi connectivity index (χ3n) is 2.47. The number of H-pyrrole nitrogens is 1. The maximum Gasteiger partial charge on any atom is 0.354 e. The van der Waals surface area contributed by atoms with Gasteiger partial charge in [0.15, 0.2) is 11.4 Å². The number of imidazole rings is 1. The first-order valence-electron chi connectivity index (χ1n) is 5.42. The molecule has 0 spiro atoms. The molecule has 0 saturated carbocycles. The number of hydrogen-bond acceptors (Lipinski definition) is 5. The summed E-state index contributed by atoms with van der Waals surface area (Å²) in [6.07, 6.45) is 1.19. The van der Waals surface area contributed by atoms with Crippen molar-refractivity contribution in [2.75, 3.05) is 7.05 Å². The number of aromatic amines is 1. The number of aromatic nitrogens is 3. The highest BCUT2D eigenvalue weighted by atomic mass is 32.1. The van der Waals surface area contributed by atoms with Gasteiger partial charge in [0.1, 0.15) is 0 Å². The van der Waals surface area contributed by atoms with Crippen LogP contribution in [-0.4, -0.2) is 43.9 Å². The Morgan fingerprint density at radius 1 is 1.53 bits per heavy atom. The van der Waals surface area contributed by atoms with Gasteiger partial charge in [-0.2, -0.15) is 0 Å². The zero-order valence-corrected chi connectivity index (χ0v) is 11.2. The molecule has 19 heavy (non-hydrogen) atoms. The fourth-order valence-electron chi connectivity index (χ4n) is 1.60. The van der Waals surface area contributed by atoms with Crippen LogP contribution in [0.1, 0.15) is 31.7 Å². The van der Waals surface area contributed by atoms with Crippen molar-refractivity contribution in [2.45, 2.75) is 13.5 Å². The Morgan fingerprint density at radius 2 is 2.26 bits per heavy atom. The number of carboxylic acids is 1. The van der Waals surface area contributed by atoms with E-state index in [1.54, 1.807) is 7.05 Å². The number of nitrogens with one attached hydrogen (secondary N) is 1. The van der Waals surface area contributed by atoms with E-state index in [4.69, 9.17) is 5.11 Å². The highest BCUT2D eigenvalue weighted by molar-refractivity contribution is 7.09. The van der Waals surface area contributed by atoms with Gasteiger partial charge in [-0.25, -0.2) is 14.8 Å². The summed E-state index contributed by atoms with van der Waals surface area (Å²) < 4.78 is 0. The Hall–Kier alpha value is -2.22. The molecule has 0 bridgehead atoms. The van der Waals surface area contributed by atoms with Crippen molar-refractivity contribution in [1.29, 1.82) is 0 Å². The molecular formula is C11H12N4O3S. The molecule has 7 nitrogen and oxygen atoms in total. The second-order valence-electron chi connectivity index (χ2n) is 3.95. The van der Waals surface area contributed by atoms with Gasteiger partial charge in [0.2, 0.25) is 0 Å². The number of hydrogen-bond donors (Lipinski definition) is 2. The molecule has 0 aliphatic heterocycles. The lowest BCUT2D eigenvalue weighted by Crippen LogP contribution is -2.28. The van der Waals surface area contributed by atoms with Crippen LogP contribution >= 0.6 is 11.3 Å². The standard InChI is InChI=1S/C11H12N4O3S/c1-6-14-7(4-19-6)3-15(2)10(16)8-9(11(17)18)13-5-12-8/h4-5H,3H2,1-2H3,(H,12,13)(H,17,18). The Morgan fingerprint density at radius 3 is 2.84 bits per heavy atom. The number of aryl methyl sites for hydroxylation is 1. The second-order valence-corrected chi connectivity index (χ2v) is 5.01. The van der Waals surface area contributed by atoms with E-state index in [1.165, 1.54) is 22.6 Å². The molecule has 0 fully saturated rings. The lowest BCUT2D eigenvalue weighted by Gasteiger charge is -2.14. The lowest BCUT2D eigenvalue weighted by atomic mass is 10.3. The predicted molar refractivity (Wildman–Crippen MR) is 68.2 cm³/mol. The molecule has 0 aromatic carbocycles. The highest BCUT2D eigenvalue weighted by Gasteiger charge is 2.23. The van der Waals surface area contributed by atoms with E-state index in [-0.39, 0.29) is 11.4 Å². The van der Waals surface area contributed by atoms with Gasteiger partial charge in [-0.15, -0.1) is 11.3 Å². The van der Waals surface area contributed by atoms with E-state index in [0.29, 0.717) is 6.54 Å². The Kier molecular flexibility index (Phi) is 3.61. The maximum absolute atomic E-state index is 12.1. The number of thiazole rings is 1. The van der Waals surface area contributed by atoms with E-state index >= 15 is 0 Å². The number of carboxylic acid groups (broad SMARTS) is 1. The Labute approximate surface area is 112 Å². The number of rotatable bonds is 4. The van der Waals surface area contributed by atoms with E-state index < -0.39 is 11.9 Å². The first-order valence-corrected chi connectivity index (χ1v) is 6.30. The number of carbonyl (C=O) groups is 2. The van der Waals surface area contributed by atoms with Crippen LogP contribution in [0.4, 0.5) is 0 Å². The third kappa shape index (κ3) is 2.79. The monoisotopic (exact) mass is 280 g/mol. The minimum absolute atomic E-state index is 0.0954. The first-order chi connectivity index (χ1) is 8.99. The summed E-state index contributed by atoms with van der Waals surface area (Å²) in [5, 5.41) is 11.7. The molecule has 0 atom stereocenters. The zero-order chi connectivity index (χ0) is 14.0. The van der Waals surface area contributed by atoms with Crippen LogP contribution in [0.15, 0.2) is 11.7 Å². The number of carbonyl (C=O) groups excluding carboxylic acids is 1. The molecular weight excluding hydrogens is 268 g/mol. The van der Waals surface area contributed by atoms with E-state index in [9.17, 15) is 9.59 Å². The van der Waals surface area contributed by atoms with Gasteiger partial charge in [0, 0.05) is 12.4 Å². The molecule has 1 amide bonds. The van der Waals surface area contributed by atoms with Gasteiger partial charge in [-0.05, 0) is 6.92 Å². The summed E-state index contributed by atoms with van der Waals surface area (Å²) in [7, 11) is 1.58. The molecule has 8 heteroatoms. The minimum Gasteiger partial charge on any atom is -0.477 e. The summed E-state index contributed by atoms with van der Waals surface area (Å²) in [5.74, 6) is -1.66. The summed E-state index contributed by atoms with van der Waals surface area (Å²) >= 11 is 1.50. The summed E-state index contributed by atoms with van der Waals surface area (Å²) in [6.45, 7) is 2.20. The van der Waals surface area contributed by atoms with Gasteiger partial charge in [0.25, 0.3) is 5.91 Å². The second kappa shape index (κ2) is 5.19. The highest BCUT2D eigenvalue weighted by Crippen LogP contribution is 2.12. The molecule has 0 radical (unpaired) electrons. The van der Waals surface area contributed by atoms with Crippen LogP contribution < -0.4 is 0 Å². The Balaban J connectivity index is 2.15. The molecule has 2 N–H and O–H groups in total. The quantitative estimate of drug-likeness (QED) is 0.875. The van der Waals surface area contributed by atoms with Crippen molar-refractivity contribution in [3.8, 4) is 0 Å². The first kappa shape index (κ1) is 13.2. The molecule has 0 aliphatic rings. The molecule has 2 rings (SSSR count). The molecule has 0 saturated heterocycles. The molecule has 2 aromatic rings. The largest absolute Gasteiger partial charge is 0.477 e. The molecule has 100 valence electrons. The average Bonchev–Trinajstić information content (AvgIpc) is 2.97. The number of aromatic carboxylic acids is 1.